The van der Waals surface area contributed by atoms with Crippen LogP contribution in [0.15, 0.2) is 42.7 Å². The lowest BCUT2D eigenvalue weighted by atomic mass is 9.67. The van der Waals surface area contributed by atoms with Gasteiger partial charge in [0.1, 0.15) is 54.6 Å². The maximum Gasteiger partial charge on any atom is 0.253 e. The Balaban J connectivity index is 0.00000189. The Bertz CT molecular complexity index is 1510. The molecule has 17 N–H and O–H groups in total. The number of phenolic OH excluding ortho intramolecular Hbond substituents is 1. The van der Waals surface area contributed by atoms with Crippen molar-refractivity contribution in [1.82, 2.24) is 4.90 Å². The van der Waals surface area contributed by atoms with Gasteiger partial charge in [0, 0.05) is 30.1 Å². The van der Waals surface area contributed by atoms with E-state index in [9.17, 15) is 50.4 Å². The number of aromatic hydroxyl groups is 1. The first-order valence-corrected chi connectivity index (χ1v) is 16.1. The van der Waals surface area contributed by atoms with Crippen molar-refractivity contribution in [2.24, 2.45) is 11.8 Å². The van der Waals surface area contributed by atoms with Crippen molar-refractivity contribution in [3.63, 3.8) is 0 Å². The van der Waals surface area contributed by atoms with Gasteiger partial charge in [-0.25, -0.2) is 0 Å². The number of hydrogen-bond acceptors (Lipinski definition) is 15. The Hall–Kier alpha value is -3.36. The largest absolute Gasteiger partial charge is 0.508 e. The molecule has 0 saturated carbocycles. The molecule has 4 saturated heterocycles. The number of carbonyl (C=O) groups is 2. The van der Waals surface area contributed by atoms with Crippen molar-refractivity contribution in [2.45, 2.75) is 92.0 Å². The zero-order valence-corrected chi connectivity index (χ0v) is 28.1. The molecule has 0 bridgehead atoms. The minimum Gasteiger partial charge on any atom is -0.508 e. The van der Waals surface area contributed by atoms with E-state index >= 15 is 0 Å². The smallest absolute Gasteiger partial charge is 0.253 e. The van der Waals surface area contributed by atoms with Crippen LogP contribution in [-0.2, 0) is 38.7 Å². The summed E-state index contributed by atoms with van der Waals surface area (Å²) in [4.78, 5) is 29.1. The highest BCUT2D eigenvalue weighted by molar-refractivity contribution is 6.08. The number of anilines is 1. The molecule has 53 heavy (non-hydrogen) atoms. The molecule has 6 aliphatic rings. The van der Waals surface area contributed by atoms with Crippen molar-refractivity contribution in [2.75, 3.05) is 25.1 Å². The summed E-state index contributed by atoms with van der Waals surface area (Å²) in [6.45, 7) is 2.78. The fourth-order valence-corrected chi connectivity index (χ4v) is 8.21. The second-order valence-corrected chi connectivity index (χ2v) is 13.3. The molecule has 0 radical (unpaired) electrons. The summed E-state index contributed by atoms with van der Waals surface area (Å²) in [5.41, 5.74) is 0.443. The second kappa shape index (κ2) is 16.6. The van der Waals surface area contributed by atoms with E-state index in [1.165, 1.54) is 24.5 Å². The topological polar surface area (TPSA) is 383 Å². The van der Waals surface area contributed by atoms with Crippen molar-refractivity contribution in [3.05, 3.63) is 48.3 Å². The number of amides is 2. The van der Waals surface area contributed by atoms with Crippen LogP contribution < -0.4 is 5.32 Å². The average molecular weight is 765 g/mol. The van der Waals surface area contributed by atoms with Gasteiger partial charge in [-0.15, -0.1) is 6.58 Å². The van der Waals surface area contributed by atoms with Gasteiger partial charge in [-0.05, 0) is 24.5 Å². The molecule has 1 aromatic carbocycles. The first-order chi connectivity index (χ1) is 23.4. The number of hydrogen-bond donors (Lipinski definition) is 9. The van der Waals surface area contributed by atoms with E-state index in [1.807, 2.05) is 0 Å². The molecule has 6 aliphatic heterocycles. The lowest BCUT2D eigenvalue weighted by Crippen LogP contribution is -2.65. The van der Waals surface area contributed by atoms with Gasteiger partial charge in [-0.3, -0.25) is 9.59 Å². The minimum absolute atomic E-state index is 0. The van der Waals surface area contributed by atoms with Crippen LogP contribution in [0.25, 0.3) is 0 Å². The molecule has 0 unspecified atom stereocenters. The molecular formula is C32H48N2O19. The highest BCUT2D eigenvalue weighted by Crippen LogP contribution is 2.54. The third kappa shape index (κ3) is 6.81. The summed E-state index contributed by atoms with van der Waals surface area (Å²) in [5, 5.41) is 85.1. The van der Waals surface area contributed by atoms with E-state index < -0.39 is 104 Å². The van der Waals surface area contributed by atoms with Crippen LogP contribution in [0.1, 0.15) is 18.4 Å². The predicted molar refractivity (Wildman–Crippen MR) is 175 cm³/mol. The zero-order valence-electron chi connectivity index (χ0n) is 28.1. The van der Waals surface area contributed by atoms with Crippen molar-refractivity contribution >= 4 is 17.5 Å². The van der Waals surface area contributed by atoms with Gasteiger partial charge in [0.05, 0.1) is 36.5 Å². The summed E-state index contributed by atoms with van der Waals surface area (Å²) in [6, 6.07) is 4.11. The summed E-state index contributed by atoms with van der Waals surface area (Å²) in [6.07, 6.45) is -14.3. The fourth-order valence-electron chi connectivity index (χ4n) is 8.21. The van der Waals surface area contributed by atoms with Crippen LogP contribution in [0.2, 0.25) is 0 Å². The Morgan fingerprint density at radius 2 is 1.53 bits per heavy atom. The van der Waals surface area contributed by atoms with Crippen molar-refractivity contribution < 1.29 is 96.0 Å². The number of fused-ring (bicyclic) bond motifs is 5. The molecule has 300 valence electrons. The Morgan fingerprint density at radius 3 is 2.17 bits per heavy atom. The average Bonchev–Trinajstić information content (AvgIpc) is 3.61. The number of piperidine rings is 1. The molecule has 7 rings (SSSR count). The summed E-state index contributed by atoms with van der Waals surface area (Å²) >= 11 is 0. The van der Waals surface area contributed by atoms with Gasteiger partial charge in [-0.1, -0.05) is 12.1 Å². The Morgan fingerprint density at radius 1 is 0.887 bits per heavy atom. The molecule has 21 nitrogen and oxygen atoms in total. The Kier molecular flexibility index (Phi) is 13.8. The van der Waals surface area contributed by atoms with E-state index in [4.69, 9.17) is 23.7 Å². The third-order valence-electron chi connectivity index (χ3n) is 10.8. The van der Waals surface area contributed by atoms with E-state index in [0.29, 0.717) is 36.2 Å². The zero-order chi connectivity index (χ0) is 34.9. The maximum atomic E-state index is 13.9. The van der Waals surface area contributed by atoms with Gasteiger partial charge in [0.15, 0.2) is 12.6 Å². The van der Waals surface area contributed by atoms with Crippen molar-refractivity contribution in [3.8, 4) is 5.75 Å². The van der Waals surface area contributed by atoms with Crippen LogP contribution in [0.3, 0.4) is 0 Å². The van der Waals surface area contributed by atoms with Crippen LogP contribution >= 0.6 is 0 Å². The number of aliphatic hydroxyl groups excluding tert-OH is 7. The number of ether oxygens (including phenoxy) is 5. The van der Waals surface area contributed by atoms with E-state index in [0.717, 1.165) is 0 Å². The number of rotatable bonds is 7. The molecule has 21 heteroatoms. The highest BCUT2D eigenvalue weighted by atomic mass is 16.8. The van der Waals surface area contributed by atoms with Crippen molar-refractivity contribution in [1.29, 1.82) is 0 Å². The van der Waals surface area contributed by atoms with Crippen LogP contribution in [0.5, 0.6) is 5.75 Å². The lowest BCUT2D eigenvalue weighted by Gasteiger charge is -2.48. The molecule has 15 atom stereocenters. The Labute approximate surface area is 301 Å². The predicted octanol–water partition coefficient (Wildman–Crippen LogP) is -6.41. The SMILES string of the molecule is C=C[C@H]1[C@H](O[C@@H]2O[C@H](CO)[C@@H](O)[C@H](O)[C@H]2O[C@@H]2O[C@H](CO)[C@@H](O)[C@H](O)[C@H]2O)OC=C2C(=O)N3CC[C@@]4(C(=O)Nc5cc(O)ccc54)[C@H]3C[C@H]21.O.O.O.O. The molecule has 1 spiro atoms. The number of nitrogens with zero attached hydrogens (tertiary/aromatic N) is 1. The maximum absolute atomic E-state index is 13.9. The van der Waals surface area contributed by atoms with Crippen LogP contribution in [0, 0.1) is 11.8 Å². The standard InChI is InChI=1S/C32H40N2O15.4H2O/c1-2-13-14-8-20-32(16-4-3-12(37)7-17(16)33-31(32)44)5-6-34(20)27(43)15(14)11-45-28(13)49-30-26(24(41)22(39)19(10-36)47-30)48-29-25(42)23(40)21(38)18(9-35)46-29;;;;/h2-4,7,11,13-14,18-26,28-30,35-42H,1,5-6,8-10H2,(H,33,44);4*1H2/t13-,14+,18-,19-,20-,21-,22-,23+,24+,25-,26-,28+,29+,30+,32+;;;;/m1..../s1. The van der Waals surface area contributed by atoms with E-state index in [-0.39, 0.29) is 39.5 Å². The van der Waals surface area contributed by atoms with Crippen LogP contribution in [0.4, 0.5) is 5.69 Å². The summed E-state index contributed by atoms with van der Waals surface area (Å²) in [5.74, 6) is -1.90. The van der Waals surface area contributed by atoms with E-state index in [2.05, 4.69) is 11.9 Å². The number of aliphatic hydroxyl groups is 7. The quantitative estimate of drug-likeness (QED) is 0.117. The monoisotopic (exact) mass is 764 g/mol. The van der Waals surface area contributed by atoms with Gasteiger partial charge in [0.2, 0.25) is 12.2 Å². The lowest BCUT2D eigenvalue weighted by molar-refractivity contribution is -0.383. The number of nitrogens with one attached hydrogen (secondary N) is 1. The van der Waals surface area contributed by atoms with Crippen LogP contribution in [-0.4, -0.2) is 173 Å². The highest BCUT2D eigenvalue weighted by Gasteiger charge is 2.63. The molecule has 6 heterocycles. The minimum atomic E-state index is -1.85. The number of phenols is 1. The first-order valence-electron chi connectivity index (χ1n) is 16.1. The number of benzene rings is 1. The van der Waals surface area contributed by atoms with Gasteiger partial charge in [0.25, 0.3) is 5.91 Å². The molecule has 4 fully saturated rings. The fraction of sp³-hybridized carbons (Fsp3) is 0.625. The van der Waals surface area contributed by atoms with E-state index in [1.54, 1.807) is 11.0 Å². The normalized spacial score (nSPS) is 41.1. The molecule has 1 aromatic rings. The number of carbonyl (C=O) groups excluding carboxylic acids is 2. The van der Waals surface area contributed by atoms with Gasteiger partial charge < -0.3 is 96.7 Å². The van der Waals surface area contributed by atoms with Gasteiger partial charge >= 0.3 is 0 Å². The summed E-state index contributed by atoms with van der Waals surface area (Å²) in [7, 11) is 0. The molecule has 0 aromatic heterocycles. The van der Waals surface area contributed by atoms with Gasteiger partial charge in [-0.2, -0.15) is 0 Å². The second-order valence-electron chi connectivity index (χ2n) is 13.3. The summed E-state index contributed by atoms with van der Waals surface area (Å²) < 4.78 is 29.1. The first kappa shape index (κ1) is 44.0. The molecule has 0 aliphatic carbocycles. The molecule has 2 amide bonds. The third-order valence-corrected chi connectivity index (χ3v) is 10.8. The molecular weight excluding hydrogens is 716 g/mol.